The number of allylic oxidation sites excluding steroid dienone is 3. The molecule has 2 nitrogen and oxygen atoms in total. The Balaban J connectivity index is 2.06. The standard InChI is InChI=1S/C25H28N2/c1-14(2)18-12-21-22(25(5,6)7)13-19-17-9-8-10-26-23(17)15(3)11-20(19)24(21)27-16(18)4/h8-12,22,27H,1,4,13H2,2-3,5-7H3. The SMILES string of the molecule is C=C(C)C1=CC2=C(NC1=C)c1cc(C)c3ncccc3c1CC2C(C)(C)C. The number of hydrogen-bond acceptors (Lipinski definition) is 2. The molecule has 2 heterocycles. The molecule has 4 rings (SSSR count). The van der Waals surface area contributed by atoms with Crippen molar-refractivity contribution in [1.82, 2.24) is 10.3 Å². The Morgan fingerprint density at radius 1 is 1.30 bits per heavy atom. The minimum Gasteiger partial charge on any atom is -0.355 e. The fourth-order valence-corrected chi connectivity index (χ4v) is 4.49. The number of nitrogens with zero attached hydrogens (tertiary/aromatic N) is 1. The van der Waals surface area contributed by atoms with Crippen LogP contribution in [-0.2, 0) is 6.42 Å². The van der Waals surface area contributed by atoms with Crippen LogP contribution in [0.1, 0.15) is 44.4 Å². The molecule has 0 bridgehead atoms. The molecule has 1 aliphatic heterocycles. The van der Waals surface area contributed by atoms with Crippen LogP contribution in [0.5, 0.6) is 0 Å². The quantitative estimate of drug-likeness (QED) is 0.668. The molecule has 138 valence electrons. The lowest BCUT2D eigenvalue weighted by atomic mass is 9.67. The van der Waals surface area contributed by atoms with Crippen LogP contribution in [0.15, 0.2) is 66.0 Å². The predicted octanol–water partition coefficient (Wildman–Crippen LogP) is 6.09. The van der Waals surface area contributed by atoms with Crippen molar-refractivity contribution < 1.29 is 0 Å². The minimum absolute atomic E-state index is 0.148. The first kappa shape index (κ1) is 17.8. The smallest absolute Gasteiger partial charge is 0.0734 e. The molecule has 0 saturated heterocycles. The fraction of sp³-hybridized carbons (Fsp3) is 0.320. The second-order valence-electron chi connectivity index (χ2n) is 9.01. The van der Waals surface area contributed by atoms with E-state index < -0.39 is 0 Å². The molecule has 2 heteroatoms. The molecule has 0 saturated carbocycles. The van der Waals surface area contributed by atoms with Gasteiger partial charge in [-0.05, 0) is 72.1 Å². The predicted molar refractivity (Wildman–Crippen MR) is 115 cm³/mol. The van der Waals surface area contributed by atoms with Crippen molar-refractivity contribution in [3.05, 3.63) is 82.7 Å². The Bertz CT molecular complexity index is 1060. The lowest BCUT2D eigenvalue weighted by Crippen LogP contribution is -2.33. The second kappa shape index (κ2) is 5.95. The summed E-state index contributed by atoms with van der Waals surface area (Å²) in [5.41, 5.74) is 10.9. The van der Waals surface area contributed by atoms with Crippen LogP contribution in [0, 0.1) is 18.3 Å². The molecule has 0 spiro atoms. The average molecular weight is 357 g/mol. The van der Waals surface area contributed by atoms with Crippen LogP contribution in [0.25, 0.3) is 16.6 Å². The van der Waals surface area contributed by atoms with E-state index in [2.05, 4.69) is 76.3 Å². The van der Waals surface area contributed by atoms with Crippen LogP contribution in [0.2, 0.25) is 0 Å². The number of aromatic nitrogens is 1. The third-order valence-electron chi connectivity index (χ3n) is 5.94. The van der Waals surface area contributed by atoms with Gasteiger partial charge in [0.25, 0.3) is 0 Å². The summed E-state index contributed by atoms with van der Waals surface area (Å²) in [4.78, 5) is 4.65. The van der Waals surface area contributed by atoms with E-state index in [4.69, 9.17) is 0 Å². The van der Waals surface area contributed by atoms with Crippen molar-refractivity contribution in [3.63, 3.8) is 0 Å². The van der Waals surface area contributed by atoms with Crippen molar-refractivity contribution >= 4 is 16.6 Å². The number of rotatable bonds is 1. The van der Waals surface area contributed by atoms with Crippen molar-refractivity contribution in [2.24, 2.45) is 11.3 Å². The van der Waals surface area contributed by atoms with Gasteiger partial charge in [-0.3, -0.25) is 4.98 Å². The zero-order valence-corrected chi connectivity index (χ0v) is 17.0. The Kier molecular flexibility index (Phi) is 3.92. The number of hydrogen-bond donors (Lipinski definition) is 1. The summed E-state index contributed by atoms with van der Waals surface area (Å²) in [5.74, 6) is 0.418. The van der Waals surface area contributed by atoms with Gasteiger partial charge < -0.3 is 5.32 Å². The summed E-state index contributed by atoms with van der Waals surface area (Å²) in [6, 6.07) is 6.55. The first-order chi connectivity index (χ1) is 12.7. The first-order valence-corrected chi connectivity index (χ1v) is 9.64. The topological polar surface area (TPSA) is 24.9 Å². The Morgan fingerprint density at radius 3 is 2.70 bits per heavy atom. The maximum Gasteiger partial charge on any atom is 0.0734 e. The third-order valence-corrected chi connectivity index (χ3v) is 5.94. The molecular weight excluding hydrogens is 328 g/mol. The molecule has 0 radical (unpaired) electrons. The van der Waals surface area contributed by atoms with Gasteiger partial charge in [-0.25, -0.2) is 0 Å². The highest BCUT2D eigenvalue weighted by Crippen LogP contribution is 2.47. The maximum atomic E-state index is 4.65. The van der Waals surface area contributed by atoms with E-state index in [0.29, 0.717) is 5.92 Å². The van der Waals surface area contributed by atoms with Gasteiger partial charge in [0, 0.05) is 34.1 Å². The molecule has 0 fully saturated rings. The summed E-state index contributed by atoms with van der Waals surface area (Å²) >= 11 is 0. The molecule has 27 heavy (non-hydrogen) atoms. The van der Waals surface area contributed by atoms with Crippen LogP contribution >= 0.6 is 0 Å². The molecule has 1 atom stereocenters. The molecule has 1 unspecified atom stereocenters. The summed E-state index contributed by atoms with van der Waals surface area (Å²) < 4.78 is 0. The molecule has 0 amide bonds. The molecule has 2 aliphatic rings. The minimum atomic E-state index is 0.148. The number of fused-ring (bicyclic) bond motifs is 4. The van der Waals surface area contributed by atoms with E-state index in [0.717, 1.165) is 28.8 Å². The monoisotopic (exact) mass is 356 g/mol. The lowest BCUT2D eigenvalue weighted by molar-refractivity contribution is 0.279. The van der Waals surface area contributed by atoms with E-state index in [-0.39, 0.29) is 5.41 Å². The van der Waals surface area contributed by atoms with E-state index in [1.165, 1.54) is 33.3 Å². The average Bonchev–Trinajstić information content (AvgIpc) is 2.60. The molecule has 2 aromatic rings. The Hall–Kier alpha value is -2.61. The Labute approximate surface area is 162 Å². The maximum absolute atomic E-state index is 4.65. The van der Waals surface area contributed by atoms with Crippen molar-refractivity contribution in [1.29, 1.82) is 0 Å². The Morgan fingerprint density at radius 2 is 2.04 bits per heavy atom. The van der Waals surface area contributed by atoms with Gasteiger partial charge >= 0.3 is 0 Å². The van der Waals surface area contributed by atoms with Crippen LogP contribution < -0.4 is 5.32 Å². The number of nitrogens with one attached hydrogen (secondary N) is 1. The van der Waals surface area contributed by atoms with Gasteiger partial charge in [0.1, 0.15) is 0 Å². The van der Waals surface area contributed by atoms with E-state index >= 15 is 0 Å². The van der Waals surface area contributed by atoms with Gasteiger partial charge in [-0.1, -0.05) is 40.0 Å². The third kappa shape index (κ3) is 2.75. The van der Waals surface area contributed by atoms with Gasteiger partial charge in [0.2, 0.25) is 0 Å². The molecule has 1 N–H and O–H groups in total. The summed E-state index contributed by atoms with van der Waals surface area (Å²) in [7, 11) is 0. The highest BCUT2D eigenvalue weighted by atomic mass is 14.9. The highest BCUT2D eigenvalue weighted by Gasteiger charge is 2.37. The van der Waals surface area contributed by atoms with Crippen LogP contribution in [0.4, 0.5) is 0 Å². The van der Waals surface area contributed by atoms with Gasteiger partial charge in [-0.15, -0.1) is 0 Å². The van der Waals surface area contributed by atoms with Gasteiger partial charge in [0.05, 0.1) is 5.52 Å². The lowest BCUT2D eigenvalue weighted by Gasteiger charge is -2.40. The molecule has 1 aromatic carbocycles. The second-order valence-corrected chi connectivity index (χ2v) is 9.01. The van der Waals surface area contributed by atoms with E-state index in [1.807, 2.05) is 12.3 Å². The number of aryl methyl sites for hydroxylation is 1. The van der Waals surface area contributed by atoms with Gasteiger partial charge in [0.15, 0.2) is 0 Å². The van der Waals surface area contributed by atoms with Crippen molar-refractivity contribution in [2.75, 3.05) is 0 Å². The first-order valence-electron chi connectivity index (χ1n) is 9.64. The fourth-order valence-electron chi connectivity index (χ4n) is 4.49. The number of dihydropyridines is 1. The largest absolute Gasteiger partial charge is 0.355 e. The number of pyridine rings is 1. The summed E-state index contributed by atoms with van der Waals surface area (Å²) in [6.07, 6.45) is 5.23. The summed E-state index contributed by atoms with van der Waals surface area (Å²) in [6.45, 7) is 19.6. The zero-order chi connectivity index (χ0) is 19.5. The number of benzene rings is 1. The molecule has 1 aromatic heterocycles. The van der Waals surface area contributed by atoms with Crippen molar-refractivity contribution in [2.45, 2.75) is 41.0 Å². The van der Waals surface area contributed by atoms with E-state index in [9.17, 15) is 0 Å². The van der Waals surface area contributed by atoms with Crippen LogP contribution in [-0.4, -0.2) is 4.98 Å². The van der Waals surface area contributed by atoms with Gasteiger partial charge in [-0.2, -0.15) is 0 Å². The molecule has 1 aliphatic carbocycles. The summed E-state index contributed by atoms with van der Waals surface area (Å²) in [5, 5.41) is 4.91. The van der Waals surface area contributed by atoms with E-state index in [1.54, 1.807) is 0 Å². The van der Waals surface area contributed by atoms with Crippen molar-refractivity contribution in [3.8, 4) is 0 Å². The highest BCUT2D eigenvalue weighted by molar-refractivity contribution is 5.93. The normalized spacial score (nSPS) is 19.4. The van der Waals surface area contributed by atoms with Crippen LogP contribution in [0.3, 0.4) is 0 Å². The molecular formula is C25H28N2. The zero-order valence-electron chi connectivity index (χ0n) is 17.0.